The van der Waals surface area contributed by atoms with Gasteiger partial charge in [0.1, 0.15) is 5.75 Å². The Morgan fingerprint density at radius 1 is 1.24 bits per heavy atom. The van der Waals surface area contributed by atoms with Crippen molar-refractivity contribution in [3.05, 3.63) is 42.9 Å². The van der Waals surface area contributed by atoms with E-state index < -0.39 is 0 Å². The number of benzene rings is 1. The van der Waals surface area contributed by atoms with Crippen molar-refractivity contribution in [3.63, 3.8) is 0 Å². The number of nitrogens with two attached hydrogens (primary N) is 1. The summed E-state index contributed by atoms with van der Waals surface area (Å²) in [5.41, 5.74) is 8.09. The number of hydrogen-bond donors (Lipinski definition) is 2. The molecule has 0 radical (unpaired) electrons. The maximum atomic E-state index is 9.47. The molecule has 1 aromatic carbocycles. The minimum absolute atomic E-state index is 0.222. The fraction of sp³-hybridized carbons (Fsp3) is 0. The number of fused-ring (bicyclic) bond motifs is 1. The summed E-state index contributed by atoms with van der Waals surface area (Å²) in [6, 6.07) is 7.00. The van der Waals surface area contributed by atoms with Gasteiger partial charge in [0.15, 0.2) is 11.5 Å². The van der Waals surface area contributed by atoms with Gasteiger partial charge in [-0.25, -0.2) is 9.97 Å². The molecule has 0 fully saturated rings. The van der Waals surface area contributed by atoms with Gasteiger partial charge in [-0.2, -0.15) is 0 Å². The predicted molar refractivity (Wildman–Crippen MR) is 64.5 cm³/mol. The molecule has 3 rings (SSSR count). The molecule has 5 nitrogen and oxygen atoms in total. The van der Waals surface area contributed by atoms with Crippen LogP contribution in [0, 0.1) is 0 Å². The lowest BCUT2D eigenvalue weighted by atomic mass is 10.1. The summed E-state index contributed by atoms with van der Waals surface area (Å²) in [7, 11) is 0. The maximum absolute atomic E-state index is 9.47. The van der Waals surface area contributed by atoms with E-state index in [2.05, 4.69) is 9.97 Å². The third-order valence-corrected chi connectivity index (χ3v) is 2.60. The van der Waals surface area contributed by atoms with Gasteiger partial charge in [0.25, 0.3) is 0 Å². The smallest absolute Gasteiger partial charge is 0.180 e. The average molecular weight is 226 g/mol. The molecule has 17 heavy (non-hydrogen) atoms. The van der Waals surface area contributed by atoms with E-state index in [1.54, 1.807) is 36.8 Å². The van der Waals surface area contributed by atoms with Crippen molar-refractivity contribution < 1.29 is 5.11 Å². The van der Waals surface area contributed by atoms with Gasteiger partial charge in [0.2, 0.25) is 0 Å². The van der Waals surface area contributed by atoms with Crippen molar-refractivity contribution >= 4 is 11.5 Å². The van der Waals surface area contributed by atoms with Crippen LogP contribution in [-0.4, -0.2) is 19.5 Å². The molecule has 0 aliphatic heterocycles. The zero-order valence-corrected chi connectivity index (χ0v) is 8.91. The van der Waals surface area contributed by atoms with Crippen LogP contribution in [0.15, 0.2) is 42.9 Å². The highest BCUT2D eigenvalue weighted by atomic mass is 16.3. The lowest BCUT2D eigenvalue weighted by Crippen LogP contribution is -1.96. The first-order chi connectivity index (χ1) is 8.25. The van der Waals surface area contributed by atoms with Crippen molar-refractivity contribution in [2.75, 3.05) is 5.73 Å². The summed E-state index contributed by atoms with van der Waals surface area (Å²) in [4.78, 5) is 8.20. The molecule has 0 unspecified atom stereocenters. The molecule has 2 heterocycles. The van der Waals surface area contributed by atoms with Gasteiger partial charge in [0, 0.05) is 18.0 Å². The van der Waals surface area contributed by atoms with Gasteiger partial charge in [-0.15, -0.1) is 0 Å². The van der Waals surface area contributed by atoms with Crippen molar-refractivity contribution in [3.8, 4) is 17.0 Å². The first kappa shape index (κ1) is 9.65. The first-order valence-corrected chi connectivity index (χ1v) is 5.12. The highest BCUT2D eigenvalue weighted by Crippen LogP contribution is 2.24. The Morgan fingerprint density at radius 2 is 2.12 bits per heavy atom. The maximum Gasteiger partial charge on any atom is 0.180 e. The van der Waals surface area contributed by atoms with E-state index in [0.29, 0.717) is 11.5 Å². The van der Waals surface area contributed by atoms with Crippen LogP contribution in [0.2, 0.25) is 0 Å². The van der Waals surface area contributed by atoms with Crippen LogP contribution in [0.4, 0.5) is 5.82 Å². The Kier molecular flexibility index (Phi) is 1.98. The monoisotopic (exact) mass is 226 g/mol. The quantitative estimate of drug-likeness (QED) is 0.662. The Morgan fingerprint density at radius 3 is 2.94 bits per heavy atom. The number of nitrogen functional groups attached to an aromatic ring is 1. The summed E-state index contributed by atoms with van der Waals surface area (Å²) < 4.78 is 1.84. The third kappa shape index (κ3) is 1.48. The number of aromatic hydroxyl groups is 1. The zero-order chi connectivity index (χ0) is 11.8. The lowest BCUT2D eigenvalue weighted by molar-refractivity contribution is 0.475. The summed E-state index contributed by atoms with van der Waals surface area (Å²) in [5, 5.41) is 9.47. The van der Waals surface area contributed by atoms with Crippen LogP contribution in [0.3, 0.4) is 0 Å². The topological polar surface area (TPSA) is 76.4 Å². The molecule has 84 valence electrons. The van der Waals surface area contributed by atoms with Crippen molar-refractivity contribution in [2.24, 2.45) is 0 Å². The number of hydrogen-bond acceptors (Lipinski definition) is 4. The number of imidazole rings is 1. The second-order valence-corrected chi connectivity index (χ2v) is 3.70. The van der Waals surface area contributed by atoms with Crippen molar-refractivity contribution in [1.29, 1.82) is 0 Å². The van der Waals surface area contributed by atoms with E-state index in [9.17, 15) is 5.11 Å². The molecule has 0 aliphatic rings. The van der Waals surface area contributed by atoms with E-state index in [1.807, 2.05) is 10.5 Å². The standard InChI is InChI=1S/C12H10N4O/c13-11-12-15-7-10(16(12)5-4-14-11)8-2-1-3-9(17)6-8/h1-7,17H,(H2,13,14). The average Bonchev–Trinajstić information content (AvgIpc) is 2.74. The molecule has 3 aromatic rings. The van der Waals surface area contributed by atoms with E-state index >= 15 is 0 Å². The molecule has 2 aromatic heterocycles. The molecule has 0 atom stereocenters. The van der Waals surface area contributed by atoms with Crippen molar-refractivity contribution in [1.82, 2.24) is 14.4 Å². The Bertz CT molecular complexity index is 690. The molecular formula is C12H10N4O. The fourth-order valence-electron chi connectivity index (χ4n) is 1.82. The molecular weight excluding hydrogens is 216 g/mol. The summed E-state index contributed by atoms with van der Waals surface area (Å²) in [6.07, 6.45) is 5.12. The molecule has 0 bridgehead atoms. The molecule has 0 saturated heterocycles. The number of rotatable bonds is 1. The van der Waals surface area contributed by atoms with Gasteiger partial charge in [0.05, 0.1) is 11.9 Å². The van der Waals surface area contributed by atoms with E-state index in [4.69, 9.17) is 5.73 Å². The number of phenolic OH excluding ortho intramolecular Hbond substituents is 1. The van der Waals surface area contributed by atoms with Gasteiger partial charge < -0.3 is 10.8 Å². The van der Waals surface area contributed by atoms with Crippen LogP contribution in [0.25, 0.3) is 16.9 Å². The minimum atomic E-state index is 0.222. The van der Waals surface area contributed by atoms with E-state index in [0.717, 1.165) is 11.3 Å². The third-order valence-electron chi connectivity index (χ3n) is 2.60. The highest BCUT2D eigenvalue weighted by molar-refractivity contribution is 5.69. The fourth-order valence-corrected chi connectivity index (χ4v) is 1.82. The molecule has 0 spiro atoms. The van der Waals surface area contributed by atoms with Gasteiger partial charge in [-0.05, 0) is 12.1 Å². The van der Waals surface area contributed by atoms with E-state index in [1.165, 1.54) is 0 Å². The van der Waals surface area contributed by atoms with Crippen LogP contribution in [-0.2, 0) is 0 Å². The summed E-state index contributed by atoms with van der Waals surface area (Å²) >= 11 is 0. The Balaban J connectivity index is 2.28. The predicted octanol–water partition coefficient (Wildman–Crippen LogP) is 1.68. The summed E-state index contributed by atoms with van der Waals surface area (Å²) in [6.45, 7) is 0. The first-order valence-electron chi connectivity index (χ1n) is 5.12. The summed E-state index contributed by atoms with van der Waals surface area (Å²) in [5.74, 6) is 0.610. The molecule has 0 aliphatic carbocycles. The number of anilines is 1. The molecule has 0 saturated carbocycles. The second-order valence-electron chi connectivity index (χ2n) is 3.70. The second kappa shape index (κ2) is 3.48. The van der Waals surface area contributed by atoms with Gasteiger partial charge in [-0.3, -0.25) is 4.40 Å². The zero-order valence-electron chi connectivity index (χ0n) is 8.91. The minimum Gasteiger partial charge on any atom is -0.508 e. The number of nitrogens with zero attached hydrogens (tertiary/aromatic N) is 3. The Hall–Kier alpha value is -2.56. The SMILES string of the molecule is Nc1nccn2c(-c3cccc(O)c3)cnc12. The van der Waals surface area contributed by atoms with Crippen LogP contribution >= 0.6 is 0 Å². The van der Waals surface area contributed by atoms with Crippen LogP contribution < -0.4 is 5.73 Å². The van der Waals surface area contributed by atoms with Crippen LogP contribution in [0.5, 0.6) is 5.75 Å². The molecule has 3 N–H and O–H groups in total. The highest BCUT2D eigenvalue weighted by Gasteiger charge is 2.08. The lowest BCUT2D eigenvalue weighted by Gasteiger charge is -2.02. The normalized spacial score (nSPS) is 10.8. The largest absolute Gasteiger partial charge is 0.508 e. The van der Waals surface area contributed by atoms with Crippen molar-refractivity contribution in [2.45, 2.75) is 0 Å². The molecule has 0 amide bonds. The van der Waals surface area contributed by atoms with Gasteiger partial charge >= 0.3 is 0 Å². The Labute approximate surface area is 97.2 Å². The van der Waals surface area contributed by atoms with Crippen LogP contribution in [0.1, 0.15) is 0 Å². The molecule has 5 heteroatoms. The number of phenols is 1. The van der Waals surface area contributed by atoms with Gasteiger partial charge in [-0.1, -0.05) is 12.1 Å². The van der Waals surface area contributed by atoms with E-state index in [-0.39, 0.29) is 5.75 Å². The number of aromatic nitrogens is 3.